The van der Waals surface area contributed by atoms with Crippen molar-refractivity contribution in [2.75, 3.05) is 0 Å². The van der Waals surface area contributed by atoms with E-state index >= 15 is 0 Å². The number of phenols is 4. The molecular weight excluding hydrogens is 800 g/mol. The average molecular weight is 844 g/mol. The maximum Gasteiger partial charge on any atom is 0.165 e. The molecular formula is C46H44Cu2N4O4. The largest absolute Gasteiger partial charge is 0.507 e. The predicted octanol–water partition coefficient (Wildman–Crippen LogP) is 9.90. The van der Waals surface area contributed by atoms with E-state index in [1.54, 1.807) is 49.1 Å². The van der Waals surface area contributed by atoms with Crippen LogP contribution in [0.25, 0.3) is 0 Å². The van der Waals surface area contributed by atoms with Gasteiger partial charge in [0.25, 0.3) is 0 Å². The summed E-state index contributed by atoms with van der Waals surface area (Å²) in [5.41, 5.74) is 8.58. The van der Waals surface area contributed by atoms with E-state index in [4.69, 9.17) is 0 Å². The van der Waals surface area contributed by atoms with Crippen molar-refractivity contribution >= 4 is 24.9 Å². The number of rotatable bonds is 10. The topological polar surface area (TPSA) is 130 Å². The van der Waals surface area contributed by atoms with Crippen molar-refractivity contribution in [2.45, 2.75) is 40.0 Å². The van der Waals surface area contributed by atoms with Crippen LogP contribution in [-0.2, 0) is 34.1 Å². The second kappa shape index (κ2) is 22.0. The first-order chi connectivity index (χ1) is 26.0. The fourth-order valence-corrected chi connectivity index (χ4v) is 5.38. The second-order valence-electron chi connectivity index (χ2n) is 12.9. The van der Waals surface area contributed by atoms with Gasteiger partial charge < -0.3 is 20.4 Å². The molecule has 6 aromatic carbocycles. The van der Waals surface area contributed by atoms with Crippen molar-refractivity contribution < 1.29 is 54.6 Å². The first-order valence-electron chi connectivity index (χ1n) is 17.5. The Kier molecular flexibility index (Phi) is 17.5. The zero-order valence-corrected chi connectivity index (χ0v) is 33.2. The molecule has 56 heavy (non-hydrogen) atoms. The maximum absolute atomic E-state index is 10.0. The van der Waals surface area contributed by atoms with Crippen molar-refractivity contribution in [2.24, 2.45) is 20.0 Å². The Morgan fingerprint density at radius 3 is 0.821 bits per heavy atom. The summed E-state index contributed by atoms with van der Waals surface area (Å²) in [5, 5.41) is 40.1. The summed E-state index contributed by atoms with van der Waals surface area (Å²) >= 11 is 0. The molecule has 0 spiro atoms. The van der Waals surface area contributed by atoms with Crippen LogP contribution in [0.3, 0.4) is 0 Å². The van der Waals surface area contributed by atoms with Crippen LogP contribution in [0.4, 0.5) is 0 Å². The van der Waals surface area contributed by atoms with Gasteiger partial charge in [-0.3, -0.25) is 20.0 Å². The minimum Gasteiger partial charge on any atom is -0.507 e. The molecule has 0 unspecified atom stereocenters. The smallest absolute Gasteiger partial charge is 0.165 e. The monoisotopic (exact) mass is 842 g/mol. The molecule has 10 heteroatoms. The van der Waals surface area contributed by atoms with Gasteiger partial charge in [-0.15, -0.1) is 0 Å². The summed E-state index contributed by atoms with van der Waals surface area (Å²) in [6.07, 6.45) is 5.57. The molecule has 0 saturated carbocycles. The van der Waals surface area contributed by atoms with Gasteiger partial charge in [0, 0.05) is 81.2 Å². The van der Waals surface area contributed by atoms with Gasteiger partial charge in [-0.25, -0.2) is 0 Å². The molecule has 0 fully saturated rings. The molecule has 0 aliphatic rings. The quantitative estimate of drug-likeness (QED) is 0.0808. The molecule has 294 valence electrons. The van der Waals surface area contributed by atoms with Gasteiger partial charge in [0.1, 0.15) is 23.0 Å². The normalized spacial score (nSPS) is 11.2. The van der Waals surface area contributed by atoms with Crippen LogP contribution in [0.5, 0.6) is 23.0 Å². The molecule has 6 aromatic rings. The van der Waals surface area contributed by atoms with Gasteiger partial charge in [-0.1, -0.05) is 107 Å². The van der Waals surface area contributed by atoms with Gasteiger partial charge in [-0.2, -0.15) is 0 Å². The fraction of sp³-hybridized carbons (Fsp3) is 0.130. The molecule has 0 aliphatic heterocycles. The number of aryl methyl sites for hydroxylation is 4. The van der Waals surface area contributed by atoms with Crippen LogP contribution in [-0.4, -0.2) is 45.3 Å². The molecule has 6 rings (SSSR count). The van der Waals surface area contributed by atoms with E-state index in [0.29, 0.717) is 22.3 Å². The predicted molar refractivity (Wildman–Crippen MR) is 220 cm³/mol. The zero-order valence-electron chi connectivity index (χ0n) is 31.3. The molecule has 0 saturated heterocycles. The molecule has 0 aliphatic carbocycles. The third kappa shape index (κ3) is 13.2. The minimum atomic E-state index is -0.481. The summed E-state index contributed by atoms with van der Waals surface area (Å²) in [5.74, 6) is 0.709. The summed E-state index contributed by atoms with van der Waals surface area (Å²) < 4.78 is 0. The fourth-order valence-electron chi connectivity index (χ4n) is 5.38. The zero-order chi connectivity index (χ0) is 38.5. The van der Waals surface area contributed by atoms with Gasteiger partial charge >= 0.3 is 0 Å². The minimum absolute atomic E-state index is 0. The molecule has 0 aromatic heterocycles. The Balaban J connectivity index is 0.000000290. The molecule has 0 amide bonds. The Morgan fingerprint density at radius 1 is 0.357 bits per heavy atom. The third-order valence-corrected chi connectivity index (χ3v) is 8.35. The van der Waals surface area contributed by atoms with E-state index in [2.05, 4.69) is 20.0 Å². The van der Waals surface area contributed by atoms with Crippen LogP contribution in [0.2, 0.25) is 0 Å². The SMILES string of the molecule is Cc1ccc(O)c(/C=N/C(/N=C/c2cc(C)ccc2O)c2ccccc2)c1.Cc1ccc(O)c(/C=N/C(/N=C/c2cc(C)ccc2O)c2ccccc2)c1.[Cu].[Cu]. The van der Waals surface area contributed by atoms with Crippen molar-refractivity contribution in [1.82, 2.24) is 0 Å². The Hall–Kier alpha value is -5.76. The summed E-state index contributed by atoms with van der Waals surface area (Å²) in [6.45, 7) is 7.85. The molecule has 2 radical (unpaired) electrons. The van der Waals surface area contributed by atoms with E-state index in [1.165, 1.54) is 0 Å². The van der Waals surface area contributed by atoms with Crippen molar-refractivity contribution in [3.63, 3.8) is 0 Å². The van der Waals surface area contributed by atoms with Crippen LogP contribution in [0.1, 0.15) is 68.0 Å². The number of phenolic OH excluding ortho intramolecular Hbond substituents is 4. The van der Waals surface area contributed by atoms with E-state index in [1.807, 2.05) is 137 Å². The van der Waals surface area contributed by atoms with Crippen LogP contribution in [0, 0.1) is 27.7 Å². The number of nitrogens with zero attached hydrogens (tertiary/aromatic N) is 4. The molecule has 0 heterocycles. The second-order valence-corrected chi connectivity index (χ2v) is 12.9. The van der Waals surface area contributed by atoms with Crippen molar-refractivity contribution in [1.29, 1.82) is 0 Å². The Morgan fingerprint density at radius 2 is 0.589 bits per heavy atom. The van der Waals surface area contributed by atoms with Gasteiger partial charge in [0.05, 0.1) is 0 Å². The number of hydrogen-bond donors (Lipinski definition) is 4. The first kappa shape index (κ1) is 44.6. The number of aliphatic imine (C=N–C) groups is 4. The van der Waals surface area contributed by atoms with Gasteiger partial charge in [0.2, 0.25) is 0 Å². The molecule has 4 N–H and O–H groups in total. The molecule has 0 atom stereocenters. The van der Waals surface area contributed by atoms with Gasteiger partial charge in [0.15, 0.2) is 12.3 Å². The number of aromatic hydroxyl groups is 4. The van der Waals surface area contributed by atoms with Crippen LogP contribution >= 0.6 is 0 Å². The van der Waals surface area contributed by atoms with Crippen molar-refractivity contribution in [3.05, 3.63) is 189 Å². The average Bonchev–Trinajstić information content (AvgIpc) is 3.17. The van der Waals surface area contributed by atoms with E-state index < -0.39 is 12.3 Å². The third-order valence-electron chi connectivity index (χ3n) is 8.35. The summed E-state index contributed by atoms with van der Waals surface area (Å²) in [7, 11) is 0. The number of benzene rings is 6. The first-order valence-corrected chi connectivity index (χ1v) is 17.5. The van der Waals surface area contributed by atoms with Crippen molar-refractivity contribution in [3.8, 4) is 23.0 Å². The summed E-state index contributed by atoms with van der Waals surface area (Å²) in [6, 6.07) is 40.9. The maximum atomic E-state index is 10.0. The standard InChI is InChI=1S/2C23H22N2O2.2Cu/c2*1-16-8-10-21(26)19(12-16)14-24-23(18-6-4-3-5-7-18)25-15-20-13-17(2)9-11-22(20)27;;/h2*3-15,23,26-27H,1-2H3;;/b2*24-14+,25-15+;;. The van der Waals surface area contributed by atoms with Gasteiger partial charge in [-0.05, 0) is 87.4 Å². The molecule has 0 bridgehead atoms. The number of hydrogen-bond acceptors (Lipinski definition) is 8. The Labute approximate surface area is 349 Å². The van der Waals surface area contributed by atoms with E-state index in [-0.39, 0.29) is 57.1 Å². The summed E-state index contributed by atoms with van der Waals surface area (Å²) in [4.78, 5) is 18.3. The van der Waals surface area contributed by atoms with Crippen LogP contribution in [0.15, 0.2) is 153 Å². The van der Waals surface area contributed by atoms with E-state index in [0.717, 1.165) is 33.4 Å². The van der Waals surface area contributed by atoms with E-state index in [9.17, 15) is 20.4 Å². The Bertz CT molecular complexity index is 2010. The van der Waals surface area contributed by atoms with Crippen LogP contribution < -0.4 is 0 Å². The molecule has 8 nitrogen and oxygen atoms in total.